The highest BCUT2D eigenvalue weighted by Gasteiger charge is 2.28. The Hall–Kier alpha value is -2.77. The molecule has 0 spiro atoms. The van der Waals surface area contributed by atoms with Crippen LogP contribution in [0.1, 0.15) is 28.0 Å². The Morgan fingerprint density at radius 3 is 2.48 bits per heavy atom. The highest BCUT2D eigenvalue weighted by molar-refractivity contribution is 9.11. The summed E-state index contributed by atoms with van der Waals surface area (Å²) >= 11 is 5.02. The monoisotopic (exact) mass is 495 g/mol. The van der Waals surface area contributed by atoms with Crippen LogP contribution in [0.25, 0.3) is 0 Å². The quantitative estimate of drug-likeness (QED) is 0.487. The smallest absolute Gasteiger partial charge is 0.244 e. The van der Waals surface area contributed by atoms with Crippen molar-refractivity contribution in [1.29, 1.82) is 0 Å². The molecule has 0 bridgehead atoms. The van der Waals surface area contributed by atoms with Crippen LogP contribution in [-0.4, -0.2) is 24.1 Å². The predicted octanol–water partition coefficient (Wildman–Crippen LogP) is 5.93. The fraction of sp³-hybridized carbons (Fsp3) is 0.208. The fourth-order valence-corrected chi connectivity index (χ4v) is 4.79. The van der Waals surface area contributed by atoms with Gasteiger partial charge < -0.3 is 10.2 Å². The van der Waals surface area contributed by atoms with E-state index in [1.807, 2.05) is 69.3 Å². The van der Waals surface area contributed by atoms with Gasteiger partial charge in [-0.1, -0.05) is 17.7 Å². The molecule has 1 aliphatic rings. The third kappa shape index (κ3) is 4.78. The molecular formula is C24H22BrN3O2S. The molecule has 0 saturated heterocycles. The number of aliphatic imine (C=N–C) groups is 1. The molecule has 31 heavy (non-hydrogen) atoms. The van der Waals surface area contributed by atoms with Crippen molar-refractivity contribution in [3.63, 3.8) is 0 Å². The van der Waals surface area contributed by atoms with E-state index in [4.69, 9.17) is 4.99 Å². The zero-order valence-electron chi connectivity index (χ0n) is 17.5. The van der Waals surface area contributed by atoms with E-state index in [-0.39, 0.29) is 24.8 Å². The van der Waals surface area contributed by atoms with Crippen LogP contribution in [0.15, 0.2) is 57.3 Å². The summed E-state index contributed by atoms with van der Waals surface area (Å²) in [6.45, 7) is 5.94. The van der Waals surface area contributed by atoms with E-state index in [0.717, 1.165) is 25.4 Å². The molecule has 2 amide bonds. The third-order valence-corrected chi connectivity index (χ3v) is 6.92. The van der Waals surface area contributed by atoms with E-state index >= 15 is 0 Å². The van der Waals surface area contributed by atoms with Crippen LogP contribution in [0.3, 0.4) is 0 Å². The van der Waals surface area contributed by atoms with Gasteiger partial charge in [0.2, 0.25) is 11.8 Å². The van der Waals surface area contributed by atoms with Crippen LogP contribution in [0, 0.1) is 20.8 Å². The number of benzene rings is 2. The number of amides is 2. The van der Waals surface area contributed by atoms with Crippen molar-refractivity contribution in [2.24, 2.45) is 4.99 Å². The van der Waals surface area contributed by atoms with Gasteiger partial charge in [-0.05, 0) is 84.2 Å². The van der Waals surface area contributed by atoms with Crippen molar-refractivity contribution in [3.05, 3.63) is 73.9 Å². The first-order valence-electron chi connectivity index (χ1n) is 9.91. The molecule has 0 atom stereocenters. The minimum atomic E-state index is -0.247. The number of hydrogen-bond donors (Lipinski definition) is 1. The van der Waals surface area contributed by atoms with Crippen LogP contribution in [0.2, 0.25) is 0 Å². The van der Waals surface area contributed by atoms with Crippen molar-refractivity contribution in [1.82, 2.24) is 0 Å². The summed E-state index contributed by atoms with van der Waals surface area (Å²) in [7, 11) is 0. The molecular weight excluding hydrogens is 474 g/mol. The van der Waals surface area contributed by atoms with Crippen molar-refractivity contribution in [2.75, 3.05) is 16.8 Å². The molecule has 1 aliphatic heterocycles. The van der Waals surface area contributed by atoms with Gasteiger partial charge in [0.15, 0.2) is 0 Å². The van der Waals surface area contributed by atoms with Crippen LogP contribution in [0.5, 0.6) is 0 Å². The van der Waals surface area contributed by atoms with Crippen LogP contribution < -0.4 is 10.2 Å². The van der Waals surface area contributed by atoms with Gasteiger partial charge in [-0.3, -0.25) is 9.59 Å². The molecule has 2 heterocycles. The summed E-state index contributed by atoms with van der Waals surface area (Å²) in [6.07, 6.45) is 0.136. The summed E-state index contributed by atoms with van der Waals surface area (Å²) in [6, 6.07) is 15.4. The minimum Gasteiger partial charge on any atom is -0.325 e. The first kappa shape index (κ1) is 21.5. The van der Waals surface area contributed by atoms with E-state index in [2.05, 4.69) is 21.2 Å². The Labute approximate surface area is 193 Å². The Balaban J connectivity index is 1.66. The maximum Gasteiger partial charge on any atom is 0.244 e. The van der Waals surface area contributed by atoms with Gasteiger partial charge in [0, 0.05) is 5.69 Å². The van der Waals surface area contributed by atoms with E-state index in [9.17, 15) is 9.59 Å². The summed E-state index contributed by atoms with van der Waals surface area (Å²) in [5.74, 6) is -0.395. The molecule has 4 rings (SSSR count). The Bertz CT molecular complexity index is 1200. The van der Waals surface area contributed by atoms with Gasteiger partial charge in [-0.25, -0.2) is 4.99 Å². The molecule has 0 saturated carbocycles. The number of fused-ring (bicyclic) bond motifs is 1. The van der Waals surface area contributed by atoms with Gasteiger partial charge >= 0.3 is 0 Å². The number of hydrogen-bond acceptors (Lipinski definition) is 4. The maximum atomic E-state index is 13.3. The SMILES string of the molecule is Cc1ccc(NC(=O)CN2C(=O)CC(c3ccc(Br)s3)=Nc3cc(C)c(C)cc32)cc1. The Morgan fingerprint density at radius 1 is 1.10 bits per heavy atom. The molecule has 0 unspecified atom stereocenters. The zero-order chi connectivity index (χ0) is 22.1. The number of carbonyl (C=O) groups is 2. The molecule has 5 nitrogen and oxygen atoms in total. The second-order valence-corrected chi connectivity index (χ2v) is 10.1. The standard InChI is InChI=1S/C24H22BrN3O2S/c1-14-4-6-17(7-5-14)26-23(29)13-28-20-11-16(3)15(2)10-18(20)27-19(12-24(28)30)21-8-9-22(25)31-21/h4-11H,12-13H2,1-3H3,(H,26,29). The molecule has 0 aliphatic carbocycles. The molecule has 0 radical (unpaired) electrons. The van der Waals surface area contributed by atoms with Crippen molar-refractivity contribution in [2.45, 2.75) is 27.2 Å². The zero-order valence-corrected chi connectivity index (χ0v) is 19.9. The number of nitrogens with zero attached hydrogens (tertiary/aromatic N) is 2. The Kier molecular flexibility index (Phi) is 6.07. The van der Waals surface area contributed by atoms with E-state index < -0.39 is 0 Å². The number of halogens is 1. The van der Waals surface area contributed by atoms with Crippen molar-refractivity contribution in [3.8, 4) is 0 Å². The summed E-state index contributed by atoms with van der Waals surface area (Å²) < 4.78 is 0.983. The normalized spacial score (nSPS) is 13.5. The lowest BCUT2D eigenvalue weighted by molar-refractivity contribution is -0.120. The molecule has 158 valence electrons. The first-order valence-corrected chi connectivity index (χ1v) is 11.5. The first-order chi connectivity index (χ1) is 14.8. The van der Waals surface area contributed by atoms with Crippen molar-refractivity contribution >= 4 is 61.9 Å². The lowest BCUT2D eigenvalue weighted by Crippen LogP contribution is -2.38. The molecule has 0 fully saturated rings. The lowest BCUT2D eigenvalue weighted by atomic mass is 10.1. The van der Waals surface area contributed by atoms with Crippen LogP contribution >= 0.6 is 27.3 Å². The van der Waals surface area contributed by atoms with Crippen LogP contribution in [-0.2, 0) is 9.59 Å². The maximum absolute atomic E-state index is 13.3. The number of anilines is 2. The number of thiophene rings is 1. The average molecular weight is 496 g/mol. The molecule has 2 aromatic carbocycles. The number of aryl methyl sites for hydroxylation is 3. The lowest BCUT2D eigenvalue weighted by Gasteiger charge is -2.23. The van der Waals surface area contributed by atoms with Gasteiger partial charge in [-0.15, -0.1) is 11.3 Å². The van der Waals surface area contributed by atoms with Crippen LogP contribution in [0.4, 0.5) is 17.1 Å². The molecule has 1 N–H and O–H groups in total. The second-order valence-electron chi connectivity index (χ2n) is 7.66. The van der Waals surface area contributed by atoms with Gasteiger partial charge in [-0.2, -0.15) is 0 Å². The summed E-state index contributed by atoms with van der Waals surface area (Å²) in [5, 5.41) is 2.89. The van der Waals surface area contributed by atoms with Crippen molar-refractivity contribution < 1.29 is 9.59 Å². The highest BCUT2D eigenvalue weighted by Crippen LogP contribution is 2.36. The van der Waals surface area contributed by atoms with Gasteiger partial charge in [0.25, 0.3) is 0 Å². The minimum absolute atomic E-state index is 0.0703. The summed E-state index contributed by atoms with van der Waals surface area (Å²) in [4.78, 5) is 33.4. The second kappa shape index (κ2) is 8.77. The predicted molar refractivity (Wildman–Crippen MR) is 131 cm³/mol. The third-order valence-electron chi connectivity index (χ3n) is 5.25. The molecule has 1 aromatic heterocycles. The van der Waals surface area contributed by atoms with E-state index in [1.165, 1.54) is 0 Å². The molecule has 7 heteroatoms. The number of nitrogens with one attached hydrogen (secondary N) is 1. The highest BCUT2D eigenvalue weighted by atomic mass is 79.9. The number of rotatable bonds is 4. The van der Waals surface area contributed by atoms with Gasteiger partial charge in [0.05, 0.1) is 32.2 Å². The average Bonchev–Trinajstić information content (AvgIpc) is 3.11. The largest absolute Gasteiger partial charge is 0.325 e. The Morgan fingerprint density at radius 2 is 1.81 bits per heavy atom. The van der Waals surface area contributed by atoms with Gasteiger partial charge in [0.1, 0.15) is 6.54 Å². The summed E-state index contributed by atoms with van der Waals surface area (Å²) in [5.41, 5.74) is 6.05. The fourth-order valence-electron chi connectivity index (χ4n) is 3.42. The molecule has 3 aromatic rings. The number of carbonyl (C=O) groups excluding carboxylic acids is 2. The van der Waals surface area contributed by atoms with E-state index in [0.29, 0.717) is 22.8 Å². The van der Waals surface area contributed by atoms with E-state index in [1.54, 1.807) is 16.2 Å². The topological polar surface area (TPSA) is 61.8 Å².